The van der Waals surface area contributed by atoms with E-state index in [9.17, 15) is 0 Å². The zero-order valence-corrected chi connectivity index (χ0v) is 16.7. The Kier molecular flexibility index (Phi) is 4.44. The van der Waals surface area contributed by atoms with Crippen LogP contribution in [0, 0.1) is 13.8 Å². The minimum Gasteiger partial charge on any atom is -0.364 e. The second-order valence-electron chi connectivity index (χ2n) is 7.10. The quantitative estimate of drug-likeness (QED) is 0.489. The molecule has 8 nitrogen and oxygen atoms in total. The van der Waals surface area contributed by atoms with E-state index in [-0.39, 0.29) is 0 Å². The van der Waals surface area contributed by atoms with E-state index in [0.717, 1.165) is 45.5 Å². The fourth-order valence-corrected chi connectivity index (χ4v) is 3.37. The van der Waals surface area contributed by atoms with Gasteiger partial charge < -0.3 is 5.32 Å². The van der Waals surface area contributed by atoms with Gasteiger partial charge in [-0.1, -0.05) is 6.07 Å². The highest BCUT2D eigenvalue weighted by molar-refractivity contribution is 5.66. The van der Waals surface area contributed by atoms with Crippen molar-refractivity contribution < 1.29 is 0 Å². The molecule has 5 rings (SSSR count). The van der Waals surface area contributed by atoms with Crippen LogP contribution < -0.4 is 5.32 Å². The first-order chi connectivity index (χ1) is 14.7. The molecule has 1 N–H and O–H groups in total. The predicted octanol–water partition coefficient (Wildman–Crippen LogP) is 3.60. The largest absolute Gasteiger partial charge is 0.364 e. The topological polar surface area (TPSA) is 85.8 Å². The van der Waals surface area contributed by atoms with Crippen LogP contribution >= 0.6 is 0 Å². The Balaban J connectivity index is 1.55. The van der Waals surface area contributed by atoms with E-state index in [0.29, 0.717) is 6.54 Å². The molecular weight excluding hydrogens is 376 g/mol. The lowest BCUT2D eigenvalue weighted by molar-refractivity contribution is 0.844. The van der Waals surface area contributed by atoms with E-state index < -0.39 is 0 Å². The molecule has 0 spiro atoms. The van der Waals surface area contributed by atoms with Crippen molar-refractivity contribution in [2.24, 2.45) is 0 Å². The maximum Gasteiger partial charge on any atom is 0.155 e. The average molecular weight is 396 g/mol. The third-order valence-corrected chi connectivity index (χ3v) is 4.80. The molecular formula is C22H20N8. The van der Waals surface area contributed by atoms with Crippen LogP contribution in [0.1, 0.15) is 17.0 Å². The molecule has 0 radical (unpaired) electrons. The molecule has 5 aromatic heterocycles. The summed E-state index contributed by atoms with van der Waals surface area (Å²) in [6, 6.07) is 15.9. The van der Waals surface area contributed by atoms with Gasteiger partial charge in [0.2, 0.25) is 0 Å². The lowest BCUT2D eigenvalue weighted by Gasteiger charge is -2.07. The van der Waals surface area contributed by atoms with Crippen LogP contribution in [0.3, 0.4) is 0 Å². The summed E-state index contributed by atoms with van der Waals surface area (Å²) in [5.41, 5.74) is 5.75. The highest BCUT2D eigenvalue weighted by atomic mass is 15.3. The Labute approximate surface area is 173 Å². The Hall–Kier alpha value is -4.07. The Morgan fingerprint density at radius 2 is 1.90 bits per heavy atom. The van der Waals surface area contributed by atoms with Crippen molar-refractivity contribution >= 4 is 11.5 Å². The van der Waals surface area contributed by atoms with Crippen molar-refractivity contribution in [3.8, 4) is 17.1 Å². The summed E-state index contributed by atoms with van der Waals surface area (Å²) < 4.78 is 3.61. The van der Waals surface area contributed by atoms with Gasteiger partial charge in [0.15, 0.2) is 11.5 Å². The molecule has 0 aliphatic rings. The van der Waals surface area contributed by atoms with Crippen LogP contribution in [0.25, 0.3) is 22.7 Å². The molecule has 0 unspecified atom stereocenters. The molecule has 8 heteroatoms. The number of fused-ring (bicyclic) bond motifs is 1. The first-order valence-electron chi connectivity index (χ1n) is 9.65. The van der Waals surface area contributed by atoms with E-state index in [4.69, 9.17) is 5.10 Å². The van der Waals surface area contributed by atoms with E-state index in [1.54, 1.807) is 10.8 Å². The predicted molar refractivity (Wildman–Crippen MR) is 114 cm³/mol. The molecule has 0 saturated carbocycles. The average Bonchev–Trinajstić information content (AvgIpc) is 3.39. The summed E-state index contributed by atoms with van der Waals surface area (Å²) in [4.78, 5) is 13.1. The Morgan fingerprint density at radius 1 is 0.967 bits per heavy atom. The minimum atomic E-state index is 0.656. The van der Waals surface area contributed by atoms with Crippen LogP contribution in [0.4, 0.5) is 5.82 Å². The molecule has 5 heterocycles. The first kappa shape index (κ1) is 18.0. The van der Waals surface area contributed by atoms with Crippen LogP contribution in [-0.2, 0) is 6.54 Å². The number of hydrogen-bond donors (Lipinski definition) is 1. The van der Waals surface area contributed by atoms with Gasteiger partial charge in [-0.3, -0.25) is 4.98 Å². The van der Waals surface area contributed by atoms with Crippen LogP contribution in [0.5, 0.6) is 0 Å². The standard InChI is InChI=1S/C22H20N8/c1-15-4-3-5-22(27-15)30-19(18-6-7-21-25-14-26-29(21)13-18)11-20(28-30)24-12-17-8-9-23-16(2)10-17/h3-11,13-14H,12H2,1-2H3,(H,24,28). The summed E-state index contributed by atoms with van der Waals surface area (Å²) in [6.07, 6.45) is 5.31. The lowest BCUT2D eigenvalue weighted by atomic mass is 10.2. The molecule has 0 aromatic carbocycles. The molecule has 30 heavy (non-hydrogen) atoms. The molecule has 0 aliphatic carbocycles. The monoisotopic (exact) mass is 396 g/mol. The second kappa shape index (κ2) is 7.40. The van der Waals surface area contributed by atoms with Crippen molar-refractivity contribution in [1.29, 1.82) is 0 Å². The zero-order valence-electron chi connectivity index (χ0n) is 16.7. The van der Waals surface area contributed by atoms with Gasteiger partial charge in [-0.15, -0.1) is 5.10 Å². The molecule has 0 atom stereocenters. The molecule has 0 aliphatic heterocycles. The SMILES string of the molecule is Cc1cc(CNc2cc(-c3ccc4ncnn4c3)n(-c3cccc(C)n3)n2)ccn1. The fraction of sp³-hybridized carbons (Fsp3) is 0.136. The number of aromatic nitrogens is 7. The second-order valence-corrected chi connectivity index (χ2v) is 7.10. The van der Waals surface area contributed by atoms with Gasteiger partial charge in [0.05, 0.1) is 5.69 Å². The number of hydrogen-bond acceptors (Lipinski definition) is 6. The fourth-order valence-electron chi connectivity index (χ4n) is 3.37. The molecule has 148 valence electrons. The van der Waals surface area contributed by atoms with Crippen LogP contribution in [0.2, 0.25) is 0 Å². The van der Waals surface area contributed by atoms with Gasteiger partial charge in [0.25, 0.3) is 0 Å². The Morgan fingerprint density at radius 3 is 2.77 bits per heavy atom. The highest BCUT2D eigenvalue weighted by Crippen LogP contribution is 2.26. The molecule has 0 amide bonds. The number of rotatable bonds is 5. The summed E-state index contributed by atoms with van der Waals surface area (Å²) >= 11 is 0. The van der Waals surface area contributed by atoms with Crippen molar-refractivity contribution in [2.45, 2.75) is 20.4 Å². The summed E-state index contributed by atoms with van der Waals surface area (Å²) in [5, 5.41) is 12.4. The van der Waals surface area contributed by atoms with E-state index in [1.807, 2.05) is 73.4 Å². The van der Waals surface area contributed by atoms with Gasteiger partial charge in [0.1, 0.15) is 12.1 Å². The van der Waals surface area contributed by atoms with E-state index >= 15 is 0 Å². The summed E-state index contributed by atoms with van der Waals surface area (Å²) in [7, 11) is 0. The third-order valence-electron chi connectivity index (χ3n) is 4.80. The number of nitrogens with zero attached hydrogens (tertiary/aromatic N) is 7. The molecule has 0 fully saturated rings. The van der Waals surface area contributed by atoms with Crippen molar-refractivity contribution in [3.05, 3.63) is 84.2 Å². The maximum atomic E-state index is 4.79. The van der Waals surface area contributed by atoms with Gasteiger partial charge in [-0.2, -0.15) is 5.10 Å². The van der Waals surface area contributed by atoms with Gasteiger partial charge in [-0.05, 0) is 55.8 Å². The highest BCUT2D eigenvalue weighted by Gasteiger charge is 2.14. The third kappa shape index (κ3) is 3.50. The number of pyridine rings is 3. The van der Waals surface area contributed by atoms with Gasteiger partial charge in [0, 0.05) is 42.0 Å². The molecule has 0 bridgehead atoms. The van der Waals surface area contributed by atoms with Gasteiger partial charge in [-0.25, -0.2) is 19.2 Å². The van der Waals surface area contributed by atoms with Crippen molar-refractivity contribution in [1.82, 2.24) is 34.3 Å². The van der Waals surface area contributed by atoms with Crippen LogP contribution in [0.15, 0.2) is 67.3 Å². The normalized spacial score (nSPS) is 11.1. The zero-order chi connectivity index (χ0) is 20.5. The maximum absolute atomic E-state index is 4.79. The van der Waals surface area contributed by atoms with Crippen molar-refractivity contribution in [2.75, 3.05) is 5.32 Å². The molecule has 0 saturated heterocycles. The smallest absolute Gasteiger partial charge is 0.155 e. The first-order valence-corrected chi connectivity index (χ1v) is 9.65. The van der Waals surface area contributed by atoms with E-state index in [1.165, 1.54) is 0 Å². The number of anilines is 1. The Bertz CT molecular complexity index is 1330. The number of nitrogens with one attached hydrogen (secondary N) is 1. The van der Waals surface area contributed by atoms with Gasteiger partial charge >= 0.3 is 0 Å². The van der Waals surface area contributed by atoms with E-state index in [2.05, 4.69) is 31.4 Å². The molecule has 5 aromatic rings. The summed E-state index contributed by atoms with van der Waals surface area (Å²) in [5.74, 6) is 1.53. The summed E-state index contributed by atoms with van der Waals surface area (Å²) in [6.45, 7) is 4.61. The van der Waals surface area contributed by atoms with Crippen molar-refractivity contribution in [3.63, 3.8) is 0 Å². The number of aryl methyl sites for hydroxylation is 2. The van der Waals surface area contributed by atoms with Crippen LogP contribution in [-0.4, -0.2) is 34.3 Å². The lowest BCUT2D eigenvalue weighted by Crippen LogP contribution is -2.05. The minimum absolute atomic E-state index is 0.656.